The van der Waals surface area contributed by atoms with Crippen LogP contribution in [0.2, 0.25) is 0 Å². The third-order valence-corrected chi connectivity index (χ3v) is 4.42. The Bertz CT molecular complexity index is 594. The molecule has 1 aromatic heterocycles. The van der Waals surface area contributed by atoms with Crippen molar-refractivity contribution in [3.8, 4) is 11.5 Å². The molecule has 0 aliphatic carbocycles. The number of thiophene rings is 1. The Labute approximate surface area is 123 Å². The second-order valence-electron chi connectivity index (χ2n) is 4.84. The molecular weight excluding hydrogens is 270 g/mol. The average molecular weight is 289 g/mol. The van der Waals surface area contributed by atoms with Gasteiger partial charge in [0.15, 0.2) is 11.5 Å². The molecule has 4 heteroatoms. The molecule has 2 aromatic rings. The molecule has 20 heavy (non-hydrogen) atoms. The van der Waals surface area contributed by atoms with E-state index in [0.29, 0.717) is 13.2 Å². The van der Waals surface area contributed by atoms with Crippen LogP contribution in [0.15, 0.2) is 30.3 Å². The van der Waals surface area contributed by atoms with Gasteiger partial charge in [0, 0.05) is 9.75 Å². The van der Waals surface area contributed by atoms with E-state index in [2.05, 4.69) is 43.4 Å². The Morgan fingerprint density at radius 2 is 1.95 bits per heavy atom. The van der Waals surface area contributed by atoms with E-state index in [0.717, 1.165) is 18.0 Å². The Hall–Kier alpha value is -1.52. The Morgan fingerprint density at radius 3 is 2.65 bits per heavy atom. The predicted molar refractivity (Wildman–Crippen MR) is 82.0 cm³/mol. The van der Waals surface area contributed by atoms with E-state index >= 15 is 0 Å². The molecule has 0 fully saturated rings. The van der Waals surface area contributed by atoms with E-state index in [1.807, 2.05) is 17.4 Å². The quantitative estimate of drug-likeness (QED) is 0.934. The summed E-state index contributed by atoms with van der Waals surface area (Å²) in [6.07, 6.45) is 0. The highest BCUT2D eigenvalue weighted by Gasteiger charge is 2.18. The maximum Gasteiger partial charge on any atom is 0.161 e. The number of rotatable bonds is 4. The largest absolute Gasteiger partial charge is 0.486 e. The molecule has 106 valence electrons. The molecule has 2 heterocycles. The van der Waals surface area contributed by atoms with Crippen molar-refractivity contribution in [1.82, 2.24) is 5.32 Å². The van der Waals surface area contributed by atoms with Gasteiger partial charge in [0.1, 0.15) is 13.2 Å². The lowest BCUT2D eigenvalue weighted by Gasteiger charge is -2.22. The summed E-state index contributed by atoms with van der Waals surface area (Å²) in [6, 6.07) is 10.8. The maximum absolute atomic E-state index is 5.68. The third-order valence-electron chi connectivity index (χ3n) is 3.35. The molecule has 0 amide bonds. The fourth-order valence-electron chi connectivity index (χ4n) is 2.43. The number of aryl methyl sites for hydroxylation is 1. The summed E-state index contributed by atoms with van der Waals surface area (Å²) in [6.45, 7) is 6.45. The number of ether oxygens (including phenoxy) is 2. The fourth-order valence-corrected chi connectivity index (χ4v) is 3.42. The molecule has 3 nitrogen and oxygen atoms in total. The van der Waals surface area contributed by atoms with Crippen LogP contribution in [0.3, 0.4) is 0 Å². The fraction of sp³-hybridized carbons (Fsp3) is 0.375. The molecular formula is C16H19NO2S. The van der Waals surface area contributed by atoms with E-state index < -0.39 is 0 Å². The van der Waals surface area contributed by atoms with Crippen molar-refractivity contribution in [1.29, 1.82) is 0 Å². The van der Waals surface area contributed by atoms with Crippen LogP contribution in [0.1, 0.15) is 28.3 Å². The molecule has 1 aliphatic rings. The van der Waals surface area contributed by atoms with Gasteiger partial charge in [-0.05, 0) is 43.3 Å². The molecule has 0 saturated heterocycles. The zero-order valence-corrected chi connectivity index (χ0v) is 12.6. The summed E-state index contributed by atoms with van der Waals surface area (Å²) in [5, 5.41) is 3.55. The van der Waals surface area contributed by atoms with Gasteiger partial charge in [-0.3, -0.25) is 0 Å². The molecule has 0 bridgehead atoms. The Morgan fingerprint density at radius 1 is 1.15 bits per heavy atom. The summed E-state index contributed by atoms with van der Waals surface area (Å²) in [5.41, 5.74) is 1.22. The number of benzene rings is 1. The van der Waals surface area contributed by atoms with E-state index in [9.17, 15) is 0 Å². The second-order valence-corrected chi connectivity index (χ2v) is 6.16. The number of hydrogen-bond donors (Lipinski definition) is 1. The average Bonchev–Trinajstić information content (AvgIpc) is 2.90. The standard InChI is InChI=1S/C16H19NO2S/c1-3-17-16(15-7-4-11(2)20-15)12-5-6-13-14(10-12)19-9-8-18-13/h4-7,10,16-17H,3,8-9H2,1-2H3. The lowest BCUT2D eigenvalue weighted by atomic mass is 10.0. The minimum absolute atomic E-state index is 0.217. The molecule has 0 spiro atoms. The van der Waals surface area contributed by atoms with Crippen molar-refractivity contribution in [2.24, 2.45) is 0 Å². The lowest BCUT2D eigenvalue weighted by Crippen LogP contribution is -2.22. The van der Waals surface area contributed by atoms with Crippen molar-refractivity contribution < 1.29 is 9.47 Å². The topological polar surface area (TPSA) is 30.5 Å². The minimum atomic E-state index is 0.217. The highest BCUT2D eigenvalue weighted by Crippen LogP contribution is 2.35. The van der Waals surface area contributed by atoms with Crippen LogP contribution in [0.4, 0.5) is 0 Å². The van der Waals surface area contributed by atoms with Gasteiger partial charge in [-0.25, -0.2) is 0 Å². The summed E-state index contributed by atoms with van der Waals surface area (Å²) >= 11 is 1.83. The molecule has 1 aromatic carbocycles. The Balaban J connectivity index is 1.95. The minimum Gasteiger partial charge on any atom is -0.486 e. The first-order valence-electron chi connectivity index (χ1n) is 6.97. The van der Waals surface area contributed by atoms with Crippen molar-refractivity contribution in [2.45, 2.75) is 19.9 Å². The van der Waals surface area contributed by atoms with E-state index in [1.165, 1.54) is 15.3 Å². The highest BCUT2D eigenvalue weighted by molar-refractivity contribution is 7.12. The molecule has 1 atom stereocenters. The molecule has 1 unspecified atom stereocenters. The summed E-state index contributed by atoms with van der Waals surface area (Å²) in [7, 11) is 0. The second kappa shape index (κ2) is 5.85. The summed E-state index contributed by atoms with van der Waals surface area (Å²) < 4.78 is 11.3. The molecule has 1 N–H and O–H groups in total. The maximum atomic E-state index is 5.68. The van der Waals surface area contributed by atoms with Crippen LogP contribution in [-0.4, -0.2) is 19.8 Å². The van der Waals surface area contributed by atoms with E-state index in [4.69, 9.17) is 9.47 Å². The zero-order chi connectivity index (χ0) is 13.9. The van der Waals surface area contributed by atoms with Crippen LogP contribution in [0.5, 0.6) is 11.5 Å². The monoisotopic (exact) mass is 289 g/mol. The number of fused-ring (bicyclic) bond motifs is 1. The zero-order valence-electron chi connectivity index (χ0n) is 11.8. The van der Waals surface area contributed by atoms with Crippen molar-refractivity contribution in [3.63, 3.8) is 0 Å². The van der Waals surface area contributed by atoms with Gasteiger partial charge in [-0.2, -0.15) is 0 Å². The van der Waals surface area contributed by atoms with E-state index in [-0.39, 0.29) is 6.04 Å². The van der Waals surface area contributed by atoms with Gasteiger partial charge < -0.3 is 14.8 Å². The predicted octanol–water partition coefficient (Wildman–Crippen LogP) is 3.53. The third kappa shape index (κ3) is 2.67. The smallest absolute Gasteiger partial charge is 0.161 e. The van der Waals surface area contributed by atoms with Gasteiger partial charge in [-0.15, -0.1) is 11.3 Å². The lowest BCUT2D eigenvalue weighted by molar-refractivity contribution is 0.171. The van der Waals surface area contributed by atoms with Gasteiger partial charge in [0.25, 0.3) is 0 Å². The molecule has 1 aliphatic heterocycles. The first kappa shape index (κ1) is 13.5. The summed E-state index contributed by atoms with van der Waals surface area (Å²) in [4.78, 5) is 2.67. The first-order chi connectivity index (χ1) is 9.78. The van der Waals surface area contributed by atoms with Crippen LogP contribution in [0.25, 0.3) is 0 Å². The first-order valence-corrected chi connectivity index (χ1v) is 7.79. The van der Waals surface area contributed by atoms with Gasteiger partial charge in [0.2, 0.25) is 0 Å². The SMILES string of the molecule is CCNC(c1ccc2c(c1)OCCO2)c1ccc(C)s1. The summed E-state index contributed by atoms with van der Waals surface area (Å²) in [5.74, 6) is 1.70. The van der Waals surface area contributed by atoms with Gasteiger partial charge in [0.05, 0.1) is 6.04 Å². The molecule has 0 radical (unpaired) electrons. The van der Waals surface area contributed by atoms with Crippen LogP contribution < -0.4 is 14.8 Å². The van der Waals surface area contributed by atoms with Crippen molar-refractivity contribution >= 4 is 11.3 Å². The van der Waals surface area contributed by atoms with Gasteiger partial charge in [-0.1, -0.05) is 13.0 Å². The number of hydrogen-bond acceptors (Lipinski definition) is 4. The normalized spacial score (nSPS) is 15.1. The molecule has 3 rings (SSSR count). The molecule has 0 saturated carbocycles. The van der Waals surface area contributed by atoms with Crippen molar-refractivity contribution in [3.05, 3.63) is 45.6 Å². The van der Waals surface area contributed by atoms with Crippen molar-refractivity contribution in [2.75, 3.05) is 19.8 Å². The van der Waals surface area contributed by atoms with Crippen LogP contribution in [-0.2, 0) is 0 Å². The number of nitrogens with one attached hydrogen (secondary N) is 1. The Kier molecular flexibility index (Phi) is 3.94. The highest BCUT2D eigenvalue weighted by atomic mass is 32.1. The van der Waals surface area contributed by atoms with Crippen LogP contribution in [0, 0.1) is 6.92 Å². The van der Waals surface area contributed by atoms with Crippen LogP contribution >= 0.6 is 11.3 Å². The van der Waals surface area contributed by atoms with E-state index in [1.54, 1.807) is 0 Å². The van der Waals surface area contributed by atoms with Gasteiger partial charge >= 0.3 is 0 Å².